The smallest absolute Gasteiger partial charge is 0.416 e. The molecule has 0 saturated heterocycles. The first-order valence-corrected chi connectivity index (χ1v) is 5.80. The monoisotopic (exact) mass is 270 g/mol. The summed E-state index contributed by atoms with van der Waals surface area (Å²) in [6.07, 6.45) is -1.09. The van der Waals surface area contributed by atoms with Crippen LogP contribution in [0.1, 0.15) is 18.1 Å². The van der Waals surface area contributed by atoms with Gasteiger partial charge in [-0.25, -0.2) is 0 Å². The Morgan fingerprint density at radius 2 is 2.11 bits per heavy atom. The maximum atomic E-state index is 12.5. The summed E-state index contributed by atoms with van der Waals surface area (Å²) in [5.74, 6) is 0.541. The summed E-state index contributed by atoms with van der Waals surface area (Å²) < 4.78 is 44.7. The summed E-state index contributed by atoms with van der Waals surface area (Å²) in [5.41, 5.74) is -0.197. The number of aromatic nitrogens is 2. The van der Waals surface area contributed by atoms with Gasteiger partial charge >= 0.3 is 6.18 Å². The van der Waals surface area contributed by atoms with Crippen LogP contribution >= 0.6 is 0 Å². The number of ether oxygens (including phenoxy) is 1. The van der Waals surface area contributed by atoms with Crippen LogP contribution in [0.3, 0.4) is 0 Å². The minimum atomic E-state index is -4.33. The number of alkyl halides is 3. The van der Waals surface area contributed by atoms with Crippen LogP contribution in [0.15, 0.2) is 36.7 Å². The number of rotatable bonds is 4. The molecule has 102 valence electrons. The van der Waals surface area contributed by atoms with E-state index in [0.717, 1.165) is 12.1 Å². The first kappa shape index (κ1) is 13.5. The summed E-state index contributed by atoms with van der Waals surface area (Å²) in [6.45, 7) is 2.73. The Morgan fingerprint density at radius 3 is 2.74 bits per heavy atom. The van der Waals surface area contributed by atoms with Gasteiger partial charge in [-0.1, -0.05) is 12.1 Å². The molecule has 0 aliphatic rings. The number of halogens is 3. The SMILES string of the molecule is CCn1cc(OCc2cccc(C(F)(F)F)c2)cn1. The Labute approximate surface area is 108 Å². The maximum absolute atomic E-state index is 12.5. The van der Waals surface area contributed by atoms with Crippen molar-refractivity contribution in [2.75, 3.05) is 0 Å². The van der Waals surface area contributed by atoms with Crippen molar-refractivity contribution in [1.29, 1.82) is 0 Å². The molecule has 2 rings (SSSR count). The molecule has 0 aliphatic carbocycles. The van der Waals surface area contributed by atoms with Crippen LogP contribution < -0.4 is 4.74 Å². The summed E-state index contributed by atoms with van der Waals surface area (Å²) >= 11 is 0. The second-order valence-corrected chi connectivity index (χ2v) is 4.02. The zero-order valence-electron chi connectivity index (χ0n) is 10.3. The number of nitrogens with zero attached hydrogens (tertiary/aromatic N) is 2. The normalized spacial score (nSPS) is 11.6. The Kier molecular flexibility index (Phi) is 3.78. The lowest BCUT2D eigenvalue weighted by atomic mass is 10.1. The molecule has 0 radical (unpaired) electrons. The molecule has 6 heteroatoms. The average Bonchev–Trinajstić information content (AvgIpc) is 2.84. The van der Waals surface area contributed by atoms with E-state index >= 15 is 0 Å². The molecule has 0 aliphatic heterocycles. The van der Waals surface area contributed by atoms with E-state index in [4.69, 9.17) is 4.74 Å². The molecular weight excluding hydrogens is 257 g/mol. The van der Waals surface area contributed by atoms with Crippen molar-refractivity contribution in [3.8, 4) is 5.75 Å². The van der Waals surface area contributed by atoms with Gasteiger partial charge in [-0.3, -0.25) is 4.68 Å². The van der Waals surface area contributed by atoms with Gasteiger partial charge in [0.2, 0.25) is 0 Å². The van der Waals surface area contributed by atoms with Crippen LogP contribution in [-0.2, 0) is 19.3 Å². The van der Waals surface area contributed by atoms with Crippen molar-refractivity contribution in [2.24, 2.45) is 0 Å². The molecule has 1 heterocycles. The standard InChI is InChI=1S/C13H13F3N2O/c1-2-18-8-12(7-17-18)19-9-10-4-3-5-11(6-10)13(14,15)16/h3-8H,2,9H2,1H3. The third-order valence-electron chi connectivity index (χ3n) is 2.59. The summed E-state index contributed by atoms with van der Waals surface area (Å²) in [6, 6.07) is 5.10. The van der Waals surface area contributed by atoms with Crippen molar-refractivity contribution in [3.63, 3.8) is 0 Å². The number of hydrogen-bond donors (Lipinski definition) is 0. The topological polar surface area (TPSA) is 27.1 Å². The molecule has 0 atom stereocenters. The molecule has 2 aromatic rings. The van der Waals surface area contributed by atoms with Crippen LogP contribution in [-0.4, -0.2) is 9.78 Å². The van der Waals surface area contributed by atoms with E-state index < -0.39 is 11.7 Å². The fourth-order valence-corrected chi connectivity index (χ4v) is 1.60. The van der Waals surface area contributed by atoms with E-state index in [-0.39, 0.29) is 6.61 Å². The molecule has 0 spiro atoms. The molecule has 1 aromatic carbocycles. The highest BCUT2D eigenvalue weighted by atomic mass is 19.4. The minimum absolute atomic E-state index is 0.0827. The van der Waals surface area contributed by atoms with Crippen molar-refractivity contribution in [2.45, 2.75) is 26.3 Å². The van der Waals surface area contributed by atoms with Gasteiger partial charge in [0, 0.05) is 6.54 Å². The van der Waals surface area contributed by atoms with E-state index in [9.17, 15) is 13.2 Å². The molecule has 19 heavy (non-hydrogen) atoms. The molecule has 3 nitrogen and oxygen atoms in total. The highest BCUT2D eigenvalue weighted by molar-refractivity contribution is 5.25. The fraction of sp³-hybridized carbons (Fsp3) is 0.308. The van der Waals surface area contributed by atoms with Gasteiger partial charge in [0.1, 0.15) is 6.61 Å². The van der Waals surface area contributed by atoms with E-state index in [1.54, 1.807) is 16.9 Å². The van der Waals surface area contributed by atoms with E-state index in [2.05, 4.69) is 5.10 Å². The van der Waals surface area contributed by atoms with Crippen molar-refractivity contribution in [1.82, 2.24) is 9.78 Å². The van der Waals surface area contributed by atoms with E-state index in [0.29, 0.717) is 17.9 Å². The first-order valence-electron chi connectivity index (χ1n) is 5.80. The molecule has 0 bridgehead atoms. The predicted molar refractivity (Wildman–Crippen MR) is 63.7 cm³/mol. The third-order valence-corrected chi connectivity index (χ3v) is 2.59. The Bertz CT molecular complexity index is 549. The minimum Gasteiger partial charge on any atom is -0.486 e. The van der Waals surface area contributed by atoms with Crippen molar-refractivity contribution >= 4 is 0 Å². The second-order valence-electron chi connectivity index (χ2n) is 4.02. The van der Waals surface area contributed by atoms with Gasteiger partial charge in [-0.05, 0) is 24.6 Å². The van der Waals surface area contributed by atoms with E-state index in [1.165, 1.54) is 12.3 Å². The summed E-state index contributed by atoms with van der Waals surface area (Å²) in [4.78, 5) is 0. The average molecular weight is 270 g/mol. The van der Waals surface area contributed by atoms with Crippen LogP contribution in [0.2, 0.25) is 0 Å². The third kappa shape index (κ3) is 3.49. The van der Waals surface area contributed by atoms with Gasteiger partial charge in [-0.15, -0.1) is 0 Å². The molecule has 0 saturated carbocycles. The number of aryl methyl sites for hydroxylation is 1. The van der Waals surface area contributed by atoms with Gasteiger partial charge < -0.3 is 4.74 Å². The fourth-order valence-electron chi connectivity index (χ4n) is 1.60. The molecule has 1 aromatic heterocycles. The largest absolute Gasteiger partial charge is 0.486 e. The number of hydrogen-bond acceptors (Lipinski definition) is 2. The highest BCUT2D eigenvalue weighted by Crippen LogP contribution is 2.29. The van der Waals surface area contributed by atoms with E-state index in [1.807, 2.05) is 6.92 Å². The number of benzene rings is 1. The second kappa shape index (κ2) is 5.34. The van der Waals surface area contributed by atoms with Crippen LogP contribution in [0, 0.1) is 0 Å². The van der Waals surface area contributed by atoms with Gasteiger partial charge in [0.15, 0.2) is 5.75 Å². The zero-order valence-corrected chi connectivity index (χ0v) is 10.3. The highest BCUT2D eigenvalue weighted by Gasteiger charge is 2.30. The molecule has 0 amide bonds. The van der Waals surface area contributed by atoms with Crippen LogP contribution in [0.5, 0.6) is 5.75 Å². The van der Waals surface area contributed by atoms with Gasteiger partial charge in [0.25, 0.3) is 0 Å². The molecule has 0 N–H and O–H groups in total. The van der Waals surface area contributed by atoms with Crippen molar-refractivity contribution < 1.29 is 17.9 Å². The molecule has 0 unspecified atom stereocenters. The quantitative estimate of drug-likeness (QED) is 0.850. The van der Waals surface area contributed by atoms with Gasteiger partial charge in [0.05, 0.1) is 18.0 Å². The Hall–Kier alpha value is -1.98. The first-order chi connectivity index (χ1) is 8.99. The lowest BCUT2D eigenvalue weighted by molar-refractivity contribution is -0.137. The summed E-state index contributed by atoms with van der Waals surface area (Å²) in [5, 5.41) is 4.02. The lowest BCUT2D eigenvalue weighted by Crippen LogP contribution is -2.06. The molecule has 0 fully saturated rings. The summed E-state index contributed by atoms with van der Waals surface area (Å²) in [7, 11) is 0. The zero-order chi connectivity index (χ0) is 13.9. The van der Waals surface area contributed by atoms with Crippen LogP contribution in [0.25, 0.3) is 0 Å². The van der Waals surface area contributed by atoms with Gasteiger partial charge in [-0.2, -0.15) is 18.3 Å². The lowest BCUT2D eigenvalue weighted by Gasteiger charge is -2.09. The van der Waals surface area contributed by atoms with Crippen LogP contribution in [0.4, 0.5) is 13.2 Å². The van der Waals surface area contributed by atoms with Crippen molar-refractivity contribution in [3.05, 3.63) is 47.8 Å². The molecular formula is C13H13F3N2O. The Morgan fingerprint density at radius 1 is 1.32 bits per heavy atom. The predicted octanol–water partition coefficient (Wildman–Crippen LogP) is 3.50. The Balaban J connectivity index is 2.03. The maximum Gasteiger partial charge on any atom is 0.416 e.